The van der Waals surface area contributed by atoms with Gasteiger partial charge in [-0.05, 0) is 25.3 Å². The minimum Gasteiger partial charge on any atom is -0.465 e. The quantitative estimate of drug-likeness (QED) is 0.769. The van der Waals surface area contributed by atoms with Crippen molar-refractivity contribution >= 4 is 23.1 Å². The number of hydrogen-bond donors (Lipinski definition) is 1. The Bertz CT molecular complexity index is 256. The maximum absolute atomic E-state index is 10.8. The van der Waals surface area contributed by atoms with Crippen LogP contribution in [-0.4, -0.2) is 17.2 Å². The highest BCUT2D eigenvalue weighted by Gasteiger charge is 2.17. The number of anilines is 1. The van der Waals surface area contributed by atoms with Crippen molar-refractivity contribution in [2.75, 3.05) is 4.90 Å². The second kappa shape index (κ2) is 3.58. The van der Waals surface area contributed by atoms with Crippen LogP contribution in [0.15, 0.2) is 16.8 Å². The van der Waals surface area contributed by atoms with Crippen LogP contribution in [0.2, 0.25) is 0 Å². The lowest BCUT2D eigenvalue weighted by Crippen LogP contribution is -2.35. The molecule has 0 radical (unpaired) electrons. The standard InChI is InChI=1S/C8H11NO2S/c1-6(2)9(8(10)11)7-3-4-12-5-7/h3-6H,1-2H3,(H,10,11). The predicted octanol–water partition coefficient (Wildman–Crippen LogP) is 2.64. The molecule has 0 aliphatic carbocycles. The van der Waals surface area contributed by atoms with Gasteiger partial charge in [0.05, 0.1) is 5.69 Å². The summed E-state index contributed by atoms with van der Waals surface area (Å²) in [5.41, 5.74) is 0.752. The highest BCUT2D eigenvalue weighted by Crippen LogP contribution is 2.20. The third kappa shape index (κ3) is 1.76. The molecule has 66 valence electrons. The average molecular weight is 185 g/mol. The summed E-state index contributed by atoms with van der Waals surface area (Å²) in [5.74, 6) is 0. The summed E-state index contributed by atoms with van der Waals surface area (Å²) in [7, 11) is 0. The van der Waals surface area contributed by atoms with Crippen molar-refractivity contribution in [1.29, 1.82) is 0 Å². The fourth-order valence-corrected chi connectivity index (χ4v) is 1.65. The molecule has 0 atom stereocenters. The zero-order valence-electron chi connectivity index (χ0n) is 7.02. The lowest BCUT2D eigenvalue weighted by molar-refractivity contribution is 0.200. The highest BCUT2D eigenvalue weighted by molar-refractivity contribution is 7.08. The molecule has 1 aromatic heterocycles. The van der Waals surface area contributed by atoms with Crippen LogP contribution < -0.4 is 4.90 Å². The number of carboxylic acid groups (broad SMARTS) is 1. The van der Waals surface area contributed by atoms with Crippen LogP contribution in [0.5, 0.6) is 0 Å². The maximum Gasteiger partial charge on any atom is 0.412 e. The van der Waals surface area contributed by atoms with E-state index < -0.39 is 6.09 Å². The Hall–Kier alpha value is -1.03. The first-order valence-corrected chi connectivity index (χ1v) is 4.61. The Morgan fingerprint density at radius 3 is 2.67 bits per heavy atom. The Balaban J connectivity index is 2.88. The molecule has 1 amide bonds. The van der Waals surface area contributed by atoms with Crippen molar-refractivity contribution in [3.05, 3.63) is 16.8 Å². The van der Waals surface area contributed by atoms with E-state index in [9.17, 15) is 4.79 Å². The fourth-order valence-electron chi connectivity index (χ4n) is 1.02. The minimum atomic E-state index is -0.900. The highest BCUT2D eigenvalue weighted by atomic mass is 32.1. The first kappa shape index (κ1) is 9.06. The summed E-state index contributed by atoms with van der Waals surface area (Å²) in [6.07, 6.45) is -0.900. The fraction of sp³-hybridized carbons (Fsp3) is 0.375. The van der Waals surface area contributed by atoms with Gasteiger partial charge in [-0.15, -0.1) is 0 Å². The summed E-state index contributed by atoms with van der Waals surface area (Å²) in [5, 5.41) is 12.5. The Morgan fingerprint density at radius 1 is 1.67 bits per heavy atom. The largest absolute Gasteiger partial charge is 0.465 e. The topological polar surface area (TPSA) is 40.5 Å². The molecule has 1 aromatic rings. The third-order valence-electron chi connectivity index (χ3n) is 1.51. The molecule has 3 nitrogen and oxygen atoms in total. The van der Waals surface area contributed by atoms with Crippen molar-refractivity contribution < 1.29 is 9.90 Å². The van der Waals surface area contributed by atoms with Crippen LogP contribution in [0, 0.1) is 0 Å². The summed E-state index contributed by atoms with van der Waals surface area (Å²) >= 11 is 1.50. The molecule has 0 saturated heterocycles. The number of nitrogens with zero attached hydrogens (tertiary/aromatic N) is 1. The first-order chi connectivity index (χ1) is 5.63. The molecule has 0 saturated carbocycles. The Morgan fingerprint density at radius 2 is 2.33 bits per heavy atom. The van der Waals surface area contributed by atoms with E-state index in [1.54, 1.807) is 6.07 Å². The summed E-state index contributed by atoms with van der Waals surface area (Å²) in [6.45, 7) is 3.71. The van der Waals surface area contributed by atoms with E-state index in [-0.39, 0.29) is 6.04 Å². The predicted molar refractivity (Wildman–Crippen MR) is 50.0 cm³/mol. The van der Waals surface area contributed by atoms with E-state index in [1.807, 2.05) is 24.6 Å². The molecule has 1 rings (SSSR count). The number of amides is 1. The molecule has 0 bridgehead atoms. The van der Waals surface area contributed by atoms with Crippen LogP contribution in [-0.2, 0) is 0 Å². The molecule has 0 spiro atoms. The van der Waals surface area contributed by atoms with Gasteiger partial charge in [0.2, 0.25) is 0 Å². The zero-order valence-corrected chi connectivity index (χ0v) is 7.84. The summed E-state index contributed by atoms with van der Waals surface area (Å²) in [6, 6.07) is 1.79. The van der Waals surface area contributed by atoms with Gasteiger partial charge >= 0.3 is 6.09 Å². The molecule has 12 heavy (non-hydrogen) atoms. The van der Waals surface area contributed by atoms with Crippen molar-refractivity contribution in [2.24, 2.45) is 0 Å². The number of carbonyl (C=O) groups is 1. The van der Waals surface area contributed by atoms with Gasteiger partial charge in [0.1, 0.15) is 0 Å². The van der Waals surface area contributed by atoms with Gasteiger partial charge in [0, 0.05) is 11.4 Å². The van der Waals surface area contributed by atoms with E-state index in [2.05, 4.69) is 0 Å². The van der Waals surface area contributed by atoms with Crippen LogP contribution in [0.1, 0.15) is 13.8 Å². The molecule has 0 aliphatic rings. The second-order valence-electron chi connectivity index (χ2n) is 2.73. The average Bonchev–Trinajstić information content (AvgIpc) is 2.37. The smallest absolute Gasteiger partial charge is 0.412 e. The van der Waals surface area contributed by atoms with Crippen LogP contribution in [0.3, 0.4) is 0 Å². The Labute approximate surface area is 75.2 Å². The molecule has 0 aromatic carbocycles. The van der Waals surface area contributed by atoms with E-state index in [4.69, 9.17) is 5.11 Å². The van der Waals surface area contributed by atoms with Gasteiger partial charge in [0.25, 0.3) is 0 Å². The van der Waals surface area contributed by atoms with Gasteiger partial charge in [-0.3, -0.25) is 4.90 Å². The van der Waals surface area contributed by atoms with Gasteiger partial charge in [-0.1, -0.05) is 0 Å². The van der Waals surface area contributed by atoms with Gasteiger partial charge in [-0.25, -0.2) is 4.79 Å². The molecule has 1 N–H and O–H groups in total. The number of rotatable bonds is 2. The van der Waals surface area contributed by atoms with E-state index in [1.165, 1.54) is 16.2 Å². The molecular weight excluding hydrogens is 174 g/mol. The van der Waals surface area contributed by atoms with Gasteiger partial charge < -0.3 is 5.11 Å². The normalized spacial score (nSPS) is 10.2. The van der Waals surface area contributed by atoms with E-state index in [0.717, 1.165) is 5.69 Å². The maximum atomic E-state index is 10.8. The second-order valence-corrected chi connectivity index (χ2v) is 3.51. The van der Waals surface area contributed by atoms with Gasteiger partial charge in [0.15, 0.2) is 0 Å². The van der Waals surface area contributed by atoms with E-state index in [0.29, 0.717) is 0 Å². The molecular formula is C8H11NO2S. The molecule has 0 unspecified atom stereocenters. The SMILES string of the molecule is CC(C)N(C(=O)O)c1ccsc1. The number of hydrogen-bond acceptors (Lipinski definition) is 2. The molecule has 0 aliphatic heterocycles. The Kier molecular flexibility index (Phi) is 2.70. The summed E-state index contributed by atoms with van der Waals surface area (Å²) in [4.78, 5) is 12.1. The summed E-state index contributed by atoms with van der Waals surface area (Å²) < 4.78 is 0. The van der Waals surface area contributed by atoms with Crippen LogP contribution in [0.25, 0.3) is 0 Å². The van der Waals surface area contributed by atoms with Crippen molar-refractivity contribution in [2.45, 2.75) is 19.9 Å². The number of thiophene rings is 1. The molecule has 4 heteroatoms. The lowest BCUT2D eigenvalue weighted by Gasteiger charge is -2.21. The monoisotopic (exact) mass is 185 g/mol. The lowest BCUT2D eigenvalue weighted by atomic mass is 10.3. The van der Waals surface area contributed by atoms with Crippen molar-refractivity contribution in [1.82, 2.24) is 0 Å². The first-order valence-electron chi connectivity index (χ1n) is 3.67. The van der Waals surface area contributed by atoms with Crippen molar-refractivity contribution in [3.63, 3.8) is 0 Å². The van der Waals surface area contributed by atoms with E-state index >= 15 is 0 Å². The van der Waals surface area contributed by atoms with Gasteiger partial charge in [-0.2, -0.15) is 11.3 Å². The van der Waals surface area contributed by atoms with Crippen LogP contribution in [0.4, 0.5) is 10.5 Å². The van der Waals surface area contributed by atoms with Crippen molar-refractivity contribution in [3.8, 4) is 0 Å². The molecule has 0 fully saturated rings. The minimum absolute atomic E-state index is 0.0166. The third-order valence-corrected chi connectivity index (χ3v) is 2.18. The zero-order chi connectivity index (χ0) is 9.14. The molecule has 1 heterocycles. The van der Waals surface area contributed by atoms with Crippen LogP contribution >= 0.6 is 11.3 Å².